The Hall–Kier alpha value is -1.53. The van der Waals surface area contributed by atoms with Crippen molar-refractivity contribution in [1.82, 2.24) is 19.9 Å². The number of hydrogen-bond donors (Lipinski definition) is 1. The quantitative estimate of drug-likeness (QED) is 0.941. The molecule has 0 bridgehead atoms. The summed E-state index contributed by atoms with van der Waals surface area (Å²) in [5.41, 5.74) is 1.14. The summed E-state index contributed by atoms with van der Waals surface area (Å²) in [5.74, 6) is 2.16. The van der Waals surface area contributed by atoms with E-state index in [0.29, 0.717) is 5.92 Å². The zero-order valence-electron chi connectivity index (χ0n) is 11.8. The molecule has 1 atom stereocenters. The van der Waals surface area contributed by atoms with E-state index in [2.05, 4.69) is 38.3 Å². The molecule has 3 rings (SSSR count). The molecule has 3 heterocycles. The van der Waals surface area contributed by atoms with Crippen LogP contribution < -0.4 is 5.32 Å². The molecule has 0 amide bonds. The zero-order chi connectivity index (χ0) is 13.9. The molecule has 0 radical (unpaired) electrons. The molecule has 2 aromatic rings. The number of anilines is 2. The molecule has 6 heteroatoms. The average Bonchev–Trinajstić information content (AvgIpc) is 2.91. The van der Waals surface area contributed by atoms with E-state index in [1.165, 1.54) is 19.4 Å². The second-order valence-corrected chi connectivity index (χ2v) is 6.18. The Labute approximate surface area is 123 Å². The molecule has 106 valence electrons. The second kappa shape index (κ2) is 5.85. The molecule has 1 fully saturated rings. The molecule has 20 heavy (non-hydrogen) atoms. The highest BCUT2D eigenvalue weighted by Gasteiger charge is 2.21. The number of nitrogens with zero attached hydrogens (tertiary/aromatic N) is 4. The highest BCUT2D eigenvalue weighted by atomic mass is 32.1. The molecule has 1 aliphatic heterocycles. The lowest BCUT2D eigenvalue weighted by Crippen LogP contribution is -2.31. The normalized spacial score (nSPS) is 20.0. The van der Waals surface area contributed by atoms with Crippen LogP contribution in [-0.4, -0.2) is 40.0 Å². The number of likely N-dealkylation sites (N-methyl/N-ethyl adjacent to an activating group) is 1. The number of piperidine rings is 1. The predicted octanol–water partition coefficient (Wildman–Crippen LogP) is 2.79. The van der Waals surface area contributed by atoms with Gasteiger partial charge < -0.3 is 10.2 Å². The fourth-order valence-corrected chi connectivity index (χ4v) is 3.20. The Kier molecular flexibility index (Phi) is 3.93. The van der Waals surface area contributed by atoms with Crippen molar-refractivity contribution in [3.8, 4) is 0 Å². The summed E-state index contributed by atoms with van der Waals surface area (Å²) >= 11 is 1.57. The van der Waals surface area contributed by atoms with Gasteiger partial charge in [0.1, 0.15) is 11.6 Å². The van der Waals surface area contributed by atoms with E-state index in [1.807, 2.05) is 12.3 Å². The van der Waals surface area contributed by atoms with Gasteiger partial charge in [-0.2, -0.15) is 0 Å². The monoisotopic (exact) mass is 289 g/mol. The minimum absolute atomic E-state index is 0.507. The van der Waals surface area contributed by atoms with Crippen LogP contribution in [0.5, 0.6) is 0 Å². The van der Waals surface area contributed by atoms with E-state index in [-0.39, 0.29) is 0 Å². The van der Waals surface area contributed by atoms with Gasteiger partial charge >= 0.3 is 0 Å². The van der Waals surface area contributed by atoms with Gasteiger partial charge in [-0.15, -0.1) is 11.3 Å². The van der Waals surface area contributed by atoms with Crippen LogP contribution in [0.2, 0.25) is 0 Å². The number of nitrogens with one attached hydrogen (secondary N) is 1. The van der Waals surface area contributed by atoms with Crippen LogP contribution in [0.3, 0.4) is 0 Å². The van der Waals surface area contributed by atoms with Crippen molar-refractivity contribution in [3.05, 3.63) is 29.2 Å². The van der Waals surface area contributed by atoms with Gasteiger partial charge in [0.2, 0.25) is 0 Å². The second-order valence-electron chi connectivity index (χ2n) is 5.29. The van der Waals surface area contributed by atoms with E-state index in [1.54, 1.807) is 17.5 Å². The minimum Gasteiger partial charge on any atom is -0.316 e. The lowest BCUT2D eigenvalue weighted by Gasteiger charge is -2.29. The van der Waals surface area contributed by atoms with Crippen LogP contribution in [0.15, 0.2) is 17.6 Å². The maximum atomic E-state index is 4.63. The lowest BCUT2D eigenvalue weighted by molar-refractivity contribution is 0.248. The SMILES string of the molecule is Cc1nc(Nc2nccs2)cc(C2CCCN(C)C2)n1. The summed E-state index contributed by atoms with van der Waals surface area (Å²) in [5, 5.41) is 6.08. The summed E-state index contributed by atoms with van der Waals surface area (Å²) in [6, 6.07) is 2.07. The molecule has 2 aromatic heterocycles. The van der Waals surface area contributed by atoms with Gasteiger partial charge in [-0.05, 0) is 33.4 Å². The summed E-state index contributed by atoms with van der Waals surface area (Å²) in [7, 11) is 2.18. The van der Waals surface area contributed by atoms with Crippen LogP contribution >= 0.6 is 11.3 Å². The highest BCUT2D eigenvalue weighted by molar-refractivity contribution is 7.13. The van der Waals surface area contributed by atoms with E-state index in [9.17, 15) is 0 Å². The van der Waals surface area contributed by atoms with Crippen molar-refractivity contribution < 1.29 is 0 Å². The highest BCUT2D eigenvalue weighted by Crippen LogP contribution is 2.27. The predicted molar refractivity (Wildman–Crippen MR) is 81.6 cm³/mol. The number of aromatic nitrogens is 3. The van der Waals surface area contributed by atoms with Gasteiger partial charge in [0.15, 0.2) is 5.13 Å². The van der Waals surface area contributed by atoms with Crippen LogP contribution in [-0.2, 0) is 0 Å². The molecular weight excluding hydrogens is 270 g/mol. The molecule has 0 aliphatic carbocycles. The van der Waals surface area contributed by atoms with Gasteiger partial charge in [-0.1, -0.05) is 0 Å². The van der Waals surface area contributed by atoms with Crippen molar-refractivity contribution >= 4 is 22.3 Å². The molecular formula is C14H19N5S. The van der Waals surface area contributed by atoms with E-state index >= 15 is 0 Å². The lowest BCUT2D eigenvalue weighted by atomic mass is 9.95. The number of likely N-dealkylation sites (tertiary alicyclic amines) is 1. The molecule has 1 unspecified atom stereocenters. The largest absolute Gasteiger partial charge is 0.316 e. The van der Waals surface area contributed by atoms with Crippen molar-refractivity contribution in [2.45, 2.75) is 25.7 Å². The Balaban J connectivity index is 1.82. The molecule has 0 saturated carbocycles. The first-order chi connectivity index (χ1) is 9.70. The molecule has 1 N–H and O–H groups in total. The van der Waals surface area contributed by atoms with Crippen LogP contribution in [0.1, 0.15) is 30.3 Å². The first-order valence-electron chi connectivity index (χ1n) is 6.91. The first-order valence-corrected chi connectivity index (χ1v) is 7.79. The van der Waals surface area contributed by atoms with Crippen molar-refractivity contribution in [2.75, 3.05) is 25.5 Å². The fraction of sp³-hybridized carbons (Fsp3) is 0.500. The molecule has 0 spiro atoms. The van der Waals surface area contributed by atoms with Crippen molar-refractivity contribution in [3.63, 3.8) is 0 Å². The molecule has 5 nitrogen and oxygen atoms in total. The van der Waals surface area contributed by atoms with Gasteiger partial charge in [-0.25, -0.2) is 15.0 Å². The van der Waals surface area contributed by atoms with Gasteiger partial charge in [-0.3, -0.25) is 0 Å². The van der Waals surface area contributed by atoms with E-state index < -0.39 is 0 Å². The zero-order valence-corrected chi connectivity index (χ0v) is 12.7. The van der Waals surface area contributed by atoms with Crippen molar-refractivity contribution in [1.29, 1.82) is 0 Å². The minimum atomic E-state index is 0.507. The Morgan fingerprint density at radius 1 is 1.40 bits per heavy atom. The fourth-order valence-electron chi connectivity index (χ4n) is 2.67. The van der Waals surface area contributed by atoms with Gasteiger partial charge in [0.25, 0.3) is 0 Å². The third-order valence-corrected chi connectivity index (χ3v) is 4.26. The molecule has 0 aromatic carbocycles. The van der Waals surface area contributed by atoms with E-state index in [0.717, 1.165) is 29.0 Å². The van der Waals surface area contributed by atoms with Gasteiger partial charge in [0, 0.05) is 30.1 Å². The summed E-state index contributed by atoms with van der Waals surface area (Å²) in [4.78, 5) is 15.7. The summed E-state index contributed by atoms with van der Waals surface area (Å²) in [6.45, 7) is 4.21. The number of rotatable bonds is 3. The smallest absolute Gasteiger partial charge is 0.188 e. The van der Waals surface area contributed by atoms with Crippen molar-refractivity contribution in [2.24, 2.45) is 0 Å². The van der Waals surface area contributed by atoms with Crippen LogP contribution in [0.4, 0.5) is 10.9 Å². The summed E-state index contributed by atoms with van der Waals surface area (Å²) < 4.78 is 0. The molecule has 1 aliphatic rings. The average molecular weight is 289 g/mol. The Morgan fingerprint density at radius 3 is 3.05 bits per heavy atom. The van der Waals surface area contributed by atoms with Crippen LogP contribution in [0, 0.1) is 6.92 Å². The Morgan fingerprint density at radius 2 is 2.30 bits per heavy atom. The number of thiazole rings is 1. The standard InChI is InChI=1S/C14H19N5S/c1-10-16-12(11-4-3-6-19(2)9-11)8-13(17-10)18-14-15-5-7-20-14/h5,7-8,11H,3-4,6,9H2,1-2H3,(H,15,16,17,18). The maximum Gasteiger partial charge on any atom is 0.188 e. The third kappa shape index (κ3) is 3.13. The first kappa shape index (κ1) is 13.5. The third-order valence-electron chi connectivity index (χ3n) is 3.57. The maximum absolute atomic E-state index is 4.63. The summed E-state index contributed by atoms with van der Waals surface area (Å²) in [6.07, 6.45) is 4.23. The number of hydrogen-bond acceptors (Lipinski definition) is 6. The van der Waals surface area contributed by atoms with Gasteiger partial charge in [0.05, 0.1) is 5.69 Å². The van der Waals surface area contributed by atoms with Crippen LogP contribution in [0.25, 0.3) is 0 Å². The number of aryl methyl sites for hydroxylation is 1. The Bertz CT molecular complexity index is 569. The molecule has 1 saturated heterocycles. The van der Waals surface area contributed by atoms with E-state index in [4.69, 9.17) is 0 Å². The topological polar surface area (TPSA) is 53.9 Å².